The number of benzene rings is 1. The molecule has 4 heteroatoms. The van der Waals surface area contributed by atoms with E-state index < -0.39 is 11.7 Å². The van der Waals surface area contributed by atoms with Crippen LogP contribution in [0.3, 0.4) is 0 Å². The molecule has 0 radical (unpaired) electrons. The Hall–Kier alpha value is -1.35. The molecule has 16 heavy (non-hydrogen) atoms. The van der Waals surface area contributed by atoms with E-state index in [1.165, 1.54) is 18.2 Å². The van der Waals surface area contributed by atoms with Crippen LogP contribution in [0, 0.1) is 5.82 Å². The van der Waals surface area contributed by atoms with Gasteiger partial charge in [-0.2, -0.15) is 0 Å². The van der Waals surface area contributed by atoms with Gasteiger partial charge in [0.25, 0.3) is 5.91 Å². The second-order valence-corrected chi connectivity index (χ2v) is 3.96. The number of carbonyl (C=O) groups is 1. The predicted molar refractivity (Wildman–Crippen MR) is 63.2 cm³/mol. The van der Waals surface area contributed by atoms with Gasteiger partial charge in [0.05, 0.1) is 5.56 Å². The van der Waals surface area contributed by atoms with Crippen molar-refractivity contribution in [3.63, 3.8) is 0 Å². The van der Waals surface area contributed by atoms with E-state index in [4.69, 9.17) is 11.6 Å². The fourth-order valence-electron chi connectivity index (χ4n) is 1.28. The normalized spacial score (nSPS) is 11.9. The zero-order chi connectivity index (χ0) is 12.1. The van der Waals surface area contributed by atoms with Gasteiger partial charge >= 0.3 is 0 Å². The van der Waals surface area contributed by atoms with Crippen molar-refractivity contribution >= 4 is 17.5 Å². The maximum atomic E-state index is 13.3. The molecule has 0 saturated carbocycles. The predicted octanol–water partition coefficient (Wildman–Crippen LogP) is 3.17. The lowest BCUT2D eigenvalue weighted by atomic mass is 10.1. The molecule has 0 bridgehead atoms. The summed E-state index contributed by atoms with van der Waals surface area (Å²) in [6.45, 7) is 5.39. The quantitative estimate of drug-likeness (QED) is 0.806. The van der Waals surface area contributed by atoms with Crippen molar-refractivity contribution in [2.75, 3.05) is 0 Å². The monoisotopic (exact) mass is 241 g/mol. The average Bonchev–Trinajstić information content (AvgIpc) is 2.21. The first-order valence-electron chi connectivity index (χ1n) is 4.91. The van der Waals surface area contributed by atoms with Crippen LogP contribution < -0.4 is 5.32 Å². The first-order valence-corrected chi connectivity index (χ1v) is 5.29. The Bertz CT molecular complexity index is 406. The SMILES string of the molecule is C=CCC(C)NC(=O)c1cc(Cl)ccc1F. The third-order valence-corrected chi connectivity index (χ3v) is 2.31. The molecule has 0 saturated heterocycles. The largest absolute Gasteiger partial charge is 0.349 e. The number of halogens is 2. The van der Waals surface area contributed by atoms with Gasteiger partial charge in [0, 0.05) is 11.1 Å². The lowest BCUT2D eigenvalue weighted by molar-refractivity contribution is 0.0936. The zero-order valence-electron chi connectivity index (χ0n) is 8.97. The Balaban J connectivity index is 2.80. The summed E-state index contributed by atoms with van der Waals surface area (Å²) in [6.07, 6.45) is 2.33. The van der Waals surface area contributed by atoms with Crippen LogP contribution in [0.15, 0.2) is 30.9 Å². The number of amides is 1. The molecule has 1 unspecified atom stereocenters. The van der Waals surface area contributed by atoms with Gasteiger partial charge in [0.2, 0.25) is 0 Å². The van der Waals surface area contributed by atoms with Crippen LogP contribution in [0.2, 0.25) is 5.02 Å². The summed E-state index contributed by atoms with van der Waals surface area (Å²) >= 11 is 5.70. The molecule has 0 aromatic heterocycles. The molecule has 1 atom stereocenters. The molecule has 1 rings (SSSR count). The number of nitrogens with one attached hydrogen (secondary N) is 1. The van der Waals surface area contributed by atoms with Crippen molar-refractivity contribution < 1.29 is 9.18 Å². The Morgan fingerprint density at radius 3 is 3.00 bits per heavy atom. The summed E-state index contributed by atoms with van der Waals surface area (Å²) in [4.78, 5) is 11.7. The Morgan fingerprint density at radius 2 is 2.38 bits per heavy atom. The van der Waals surface area contributed by atoms with Crippen molar-refractivity contribution in [3.8, 4) is 0 Å². The summed E-state index contributed by atoms with van der Waals surface area (Å²) < 4.78 is 13.3. The van der Waals surface area contributed by atoms with Crippen LogP contribution in [-0.2, 0) is 0 Å². The highest BCUT2D eigenvalue weighted by atomic mass is 35.5. The van der Waals surface area contributed by atoms with Crippen LogP contribution in [0.4, 0.5) is 4.39 Å². The van der Waals surface area contributed by atoms with E-state index in [0.717, 1.165) is 0 Å². The van der Waals surface area contributed by atoms with Gasteiger partial charge < -0.3 is 5.32 Å². The molecule has 0 aliphatic heterocycles. The molecule has 1 N–H and O–H groups in total. The van der Waals surface area contributed by atoms with Gasteiger partial charge in [-0.15, -0.1) is 6.58 Å². The van der Waals surface area contributed by atoms with E-state index >= 15 is 0 Å². The number of rotatable bonds is 4. The van der Waals surface area contributed by atoms with E-state index in [9.17, 15) is 9.18 Å². The highest BCUT2D eigenvalue weighted by Crippen LogP contribution is 2.15. The van der Waals surface area contributed by atoms with Crippen molar-refractivity contribution in [1.82, 2.24) is 5.32 Å². The fourth-order valence-corrected chi connectivity index (χ4v) is 1.45. The summed E-state index contributed by atoms with van der Waals surface area (Å²) in [5.74, 6) is -1.04. The van der Waals surface area contributed by atoms with E-state index in [1.807, 2.05) is 6.92 Å². The van der Waals surface area contributed by atoms with Crippen molar-refractivity contribution in [2.45, 2.75) is 19.4 Å². The van der Waals surface area contributed by atoms with Crippen LogP contribution >= 0.6 is 11.6 Å². The minimum Gasteiger partial charge on any atom is -0.349 e. The fraction of sp³-hybridized carbons (Fsp3) is 0.250. The summed E-state index contributed by atoms with van der Waals surface area (Å²) in [5.41, 5.74) is -0.0385. The van der Waals surface area contributed by atoms with Gasteiger partial charge in [0.15, 0.2) is 0 Å². The van der Waals surface area contributed by atoms with Gasteiger partial charge in [0.1, 0.15) is 5.82 Å². The Morgan fingerprint density at radius 1 is 1.69 bits per heavy atom. The molecule has 0 aliphatic rings. The molecule has 0 heterocycles. The maximum Gasteiger partial charge on any atom is 0.254 e. The molecule has 2 nitrogen and oxygen atoms in total. The highest BCUT2D eigenvalue weighted by molar-refractivity contribution is 6.31. The lowest BCUT2D eigenvalue weighted by Crippen LogP contribution is -2.32. The van der Waals surface area contributed by atoms with Crippen LogP contribution in [0.1, 0.15) is 23.7 Å². The molecular formula is C12H13ClFNO. The second kappa shape index (κ2) is 5.66. The number of hydrogen-bond donors (Lipinski definition) is 1. The molecule has 0 aliphatic carbocycles. The topological polar surface area (TPSA) is 29.1 Å². The number of carbonyl (C=O) groups excluding carboxylic acids is 1. The molecule has 0 fully saturated rings. The summed E-state index contributed by atoms with van der Waals surface area (Å²) in [7, 11) is 0. The van der Waals surface area contributed by atoms with Crippen molar-refractivity contribution in [2.24, 2.45) is 0 Å². The minimum absolute atomic E-state index is 0.0385. The molecule has 1 amide bonds. The van der Waals surface area contributed by atoms with Crippen LogP contribution in [0.25, 0.3) is 0 Å². The Labute approximate surface area is 99.1 Å². The third kappa shape index (κ3) is 3.35. The zero-order valence-corrected chi connectivity index (χ0v) is 9.72. The third-order valence-electron chi connectivity index (χ3n) is 2.07. The molecular weight excluding hydrogens is 229 g/mol. The van der Waals surface area contributed by atoms with Crippen LogP contribution in [0.5, 0.6) is 0 Å². The number of hydrogen-bond acceptors (Lipinski definition) is 1. The minimum atomic E-state index is -0.576. The average molecular weight is 242 g/mol. The van der Waals surface area contributed by atoms with Gasteiger partial charge in [-0.25, -0.2) is 4.39 Å². The summed E-state index contributed by atoms with van der Waals surface area (Å²) in [6, 6.07) is 3.81. The second-order valence-electron chi connectivity index (χ2n) is 3.52. The molecule has 0 spiro atoms. The van der Waals surface area contributed by atoms with Gasteiger partial charge in [-0.05, 0) is 31.5 Å². The van der Waals surface area contributed by atoms with Crippen molar-refractivity contribution in [1.29, 1.82) is 0 Å². The van der Waals surface area contributed by atoms with E-state index in [1.54, 1.807) is 6.08 Å². The molecule has 86 valence electrons. The van der Waals surface area contributed by atoms with Crippen molar-refractivity contribution in [3.05, 3.63) is 47.3 Å². The lowest BCUT2D eigenvalue weighted by Gasteiger charge is -2.12. The highest BCUT2D eigenvalue weighted by Gasteiger charge is 2.13. The molecule has 1 aromatic carbocycles. The standard InChI is InChI=1S/C12H13ClFNO/c1-3-4-8(2)15-12(16)10-7-9(13)5-6-11(10)14/h3,5-8H,1,4H2,2H3,(H,15,16). The van der Waals surface area contributed by atoms with E-state index in [-0.39, 0.29) is 11.6 Å². The van der Waals surface area contributed by atoms with E-state index in [0.29, 0.717) is 11.4 Å². The maximum absolute atomic E-state index is 13.3. The van der Waals surface area contributed by atoms with E-state index in [2.05, 4.69) is 11.9 Å². The Kier molecular flexibility index (Phi) is 4.50. The molecule has 1 aromatic rings. The summed E-state index contributed by atoms with van der Waals surface area (Å²) in [5, 5.41) is 2.99. The van der Waals surface area contributed by atoms with Gasteiger partial charge in [-0.1, -0.05) is 17.7 Å². The smallest absolute Gasteiger partial charge is 0.254 e. The first kappa shape index (κ1) is 12.7. The van der Waals surface area contributed by atoms with Gasteiger partial charge in [-0.3, -0.25) is 4.79 Å². The first-order chi connectivity index (χ1) is 7.54. The van der Waals surface area contributed by atoms with Crippen LogP contribution in [-0.4, -0.2) is 11.9 Å².